The van der Waals surface area contributed by atoms with Crippen LogP contribution in [0.3, 0.4) is 0 Å². The lowest BCUT2D eigenvalue weighted by Crippen LogP contribution is -2.25. The van der Waals surface area contributed by atoms with Gasteiger partial charge in [-0.2, -0.15) is 0 Å². The molecule has 1 aromatic heterocycles. The van der Waals surface area contributed by atoms with Crippen LogP contribution in [0.4, 0.5) is 0 Å². The minimum Gasteiger partial charge on any atom is -0.310 e. The van der Waals surface area contributed by atoms with E-state index in [1.165, 1.54) is 14.9 Å². The molecular formula is C11H18INS. The maximum Gasteiger partial charge on any atom is 0.0656 e. The van der Waals surface area contributed by atoms with Gasteiger partial charge in [0.1, 0.15) is 0 Å². The van der Waals surface area contributed by atoms with Crippen molar-refractivity contribution in [3.8, 4) is 0 Å². The topological polar surface area (TPSA) is 12.0 Å². The average Bonchev–Trinajstić information content (AvgIpc) is 2.52. The molecule has 1 rings (SSSR count). The maximum absolute atomic E-state index is 3.60. The van der Waals surface area contributed by atoms with E-state index in [-0.39, 0.29) is 0 Å². The van der Waals surface area contributed by atoms with Crippen LogP contribution >= 0.6 is 33.9 Å². The predicted octanol–water partition coefficient (Wildman–Crippen LogP) is 4.05. The molecule has 14 heavy (non-hydrogen) atoms. The Bertz CT molecular complexity index is 270. The van der Waals surface area contributed by atoms with E-state index in [1.54, 1.807) is 0 Å². The van der Waals surface area contributed by atoms with E-state index in [1.807, 2.05) is 11.3 Å². The van der Waals surface area contributed by atoms with Crippen LogP contribution in [0, 0.1) is 8.80 Å². The van der Waals surface area contributed by atoms with E-state index in [4.69, 9.17) is 0 Å². The van der Waals surface area contributed by atoms with Gasteiger partial charge in [0.2, 0.25) is 0 Å². The fourth-order valence-electron chi connectivity index (χ4n) is 1.52. The first-order valence-corrected chi connectivity index (χ1v) is 7.08. The fraction of sp³-hybridized carbons (Fsp3) is 0.636. The quantitative estimate of drug-likeness (QED) is 0.806. The van der Waals surface area contributed by atoms with Crippen LogP contribution < -0.4 is 5.32 Å². The van der Waals surface area contributed by atoms with Gasteiger partial charge in [0.15, 0.2) is 0 Å². The molecule has 0 aliphatic carbocycles. The Hall–Kier alpha value is 0.390. The van der Waals surface area contributed by atoms with Gasteiger partial charge in [-0.05, 0) is 58.5 Å². The van der Waals surface area contributed by atoms with Crippen molar-refractivity contribution in [1.82, 2.24) is 5.32 Å². The number of nitrogens with one attached hydrogen (secondary N) is 1. The van der Waals surface area contributed by atoms with Crippen molar-refractivity contribution in [3.63, 3.8) is 0 Å². The van der Waals surface area contributed by atoms with Gasteiger partial charge in [0.25, 0.3) is 0 Å². The molecule has 0 spiro atoms. The van der Waals surface area contributed by atoms with E-state index >= 15 is 0 Å². The van der Waals surface area contributed by atoms with Crippen LogP contribution in [0.15, 0.2) is 11.4 Å². The number of thiophene rings is 1. The molecule has 1 aromatic rings. The normalized spacial score (nSPS) is 13.5. The average molecular weight is 323 g/mol. The molecule has 3 heteroatoms. The number of hydrogen-bond donors (Lipinski definition) is 1. The Morgan fingerprint density at radius 2 is 2.21 bits per heavy atom. The molecule has 0 saturated carbocycles. The van der Waals surface area contributed by atoms with Crippen LogP contribution in [0.25, 0.3) is 0 Å². The van der Waals surface area contributed by atoms with Crippen LogP contribution in [-0.2, 0) is 0 Å². The van der Waals surface area contributed by atoms with Crippen LogP contribution in [-0.4, -0.2) is 6.54 Å². The Balaban J connectivity index is 2.67. The van der Waals surface area contributed by atoms with Gasteiger partial charge in [-0.3, -0.25) is 0 Å². The van der Waals surface area contributed by atoms with Crippen LogP contribution in [0.2, 0.25) is 0 Å². The molecule has 1 N–H and O–H groups in total. The van der Waals surface area contributed by atoms with Crippen LogP contribution in [0.1, 0.15) is 38.8 Å². The summed E-state index contributed by atoms with van der Waals surface area (Å²) < 4.78 is 1.38. The van der Waals surface area contributed by atoms with E-state index < -0.39 is 0 Å². The molecule has 1 nitrogen and oxygen atoms in total. The summed E-state index contributed by atoms with van der Waals surface area (Å²) in [5.41, 5.74) is 1.45. The summed E-state index contributed by atoms with van der Waals surface area (Å²) in [5.74, 6) is 0.659. The van der Waals surface area contributed by atoms with Crippen molar-refractivity contribution in [2.24, 2.45) is 5.92 Å². The molecule has 0 saturated heterocycles. The summed E-state index contributed by atoms with van der Waals surface area (Å²) in [4.78, 5) is 0. The number of halogens is 1. The summed E-state index contributed by atoms with van der Waals surface area (Å²) in [6.07, 6.45) is 1.20. The number of rotatable bonds is 5. The molecule has 80 valence electrons. The fourth-order valence-corrected chi connectivity index (χ4v) is 2.93. The molecule has 1 atom stereocenters. The Labute approximate surface area is 104 Å². The van der Waals surface area contributed by atoms with Crippen LogP contribution in [0.5, 0.6) is 0 Å². The summed E-state index contributed by atoms with van der Waals surface area (Å²) in [5, 5.41) is 5.87. The lowest BCUT2D eigenvalue weighted by atomic mass is 9.98. The van der Waals surface area contributed by atoms with Crippen molar-refractivity contribution in [2.75, 3.05) is 6.54 Å². The SMILES string of the molecule is CCCNC(c1csc(I)c1)C(C)C. The lowest BCUT2D eigenvalue weighted by molar-refractivity contribution is 0.413. The first-order valence-electron chi connectivity index (χ1n) is 5.12. The second-order valence-electron chi connectivity index (χ2n) is 3.86. The Kier molecular flexibility index (Phi) is 5.41. The smallest absolute Gasteiger partial charge is 0.0656 e. The van der Waals surface area contributed by atoms with Crippen molar-refractivity contribution >= 4 is 33.9 Å². The number of hydrogen-bond acceptors (Lipinski definition) is 2. The Morgan fingerprint density at radius 1 is 1.50 bits per heavy atom. The second kappa shape index (κ2) is 6.08. The minimum absolute atomic E-state index is 0.523. The van der Waals surface area contributed by atoms with Gasteiger partial charge in [-0.25, -0.2) is 0 Å². The molecule has 0 aliphatic rings. The molecule has 1 unspecified atom stereocenters. The first-order chi connectivity index (χ1) is 6.65. The first kappa shape index (κ1) is 12.5. The van der Waals surface area contributed by atoms with E-state index in [9.17, 15) is 0 Å². The standard InChI is InChI=1S/C11H18INS/c1-4-5-13-11(8(2)3)9-6-10(12)14-7-9/h6-8,11,13H,4-5H2,1-3H3. The molecule has 1 heterocycles. The van der Waals surface area contributed by atoms with Crippen molar-refractivity contribution in [2.45, 2.75) is 33.2 Å². The third kappa shape index (κ3) is 3.51. The highest BCUT2D eigenvalue weighted by Gasteiger charge is 2.15. The van der Waals surface area contributed by atoms with Gasteiger partial charge >= 0.3 is 0 Å². The third-order valence-corrected chi connectivity index (χ3v) is 4.04. The second-order valence-corrected chi connectivity index (χ2v) is 6.67. The van der Waals surface area contributed by atoms with Gasteiger partial charge in [-0.15, -0.1) is 11.3 Å². The molecule has 0 aliphatic heterocycles. The lowest BCUT2D eigenvalue weighted by Gasteiger charge is -2.21. The van der Waals surface area contributed by atoms with E-state index in [0.717, 1.165) is 6.54 Å². The van der Waals surface area contributed by atoms with E-state index in [0.29, 0.717) is 12.0 Å². The highest BCUT2D eigenvalue weighted by atomic mass is 127. The zero-order chi connectivity index (χ0) is 10.6. The van der Waals surface area contributed by atoms with Gasteiger partial charge in [0.05, 0.1) is 2.88 Å². The third-order valence-electron chi connectivity index (χ3n) is 2.23. The zero-order valence-corrected chi connectivity index (χ0v) is 12.0. The molecular weight excluding hydrogens is 305 g/mol. The van der Waals surface area contributed by atoms with Crippen molar-refractivity contribution in [1.29, 1.82) is 0 Å². The summed E-state index contributed by atoms with van der Waals surface area (Å²) in [7, 11) is 0. The summed E-state index contributed by atoms with van der Waals surface area (Å²) >= 11 is 4.22. The molecule has 0 bridgehead atoms. The minimum atomic E-state index is 0.523. The summed E-state index contributed by atoms with van der Waals surface area (Å²) in [6.45, 7) is 7.87. The molecule has 0 aromatic carbocycles. The van der Waals surface area contributed by atoms with Crippen molar-refractivity contribution < 1.29 is 0 Å². The van der Waals surface area contributed by atoms with Crippen molar-refractivity contribution in [3.05, 3.63) is 19.9 Å². The largest absolute Gasteiger partial charge is 0.310 e. The molecule has 0 radical (unpaired) electrons. The van der Waals surface area contributed by atoms with Gasteiger partial charge in [-0.1, -0.05) is 20.8 Å². The molecule has 0 fully saturated rings. The molecule has 0 amide bonds. The predicted molar refractivity (Wildman–Crippen MR) is 72.9 cm³/mol. The van der Waals surface area contributed by atoms with Gasteiger partial charge < -0.3 is 5.32 Å². The highest BCUT2D eigenvalue weighted by molar-refractivity contribution is 14.1. The van der Waals surface area contributed by atoms with Gasteiger partial charge in [0, 0.05) is 6.04 Å². The monoisotopic (exact) mass is 323 g/mol. The van der Waals surface area contributed by atoms with E-state index in [2.05, 4.69) is 60.1 Å². The highest BCUT2D eigenvalue weighted by Crippen LogP contribution is 2.27. The zero-order valence-electron chi connectivity index (χ0n) is 9.01. The maximum atomic E-state index is 3.60. The Morgan fingerprint density at radius 3 is 2.64 bits per heavy atom. The summed E-state index contributed by atoms with van der Waals surface area (Å²) in [6, 6.07) is 2.81.